The summed E-state index contributed by atoms with van der Waals surface area (Å²) < 4.78 is 49.0. The van der Waals surface area contributed by atoms with Crippen LogP contribution >= 0.6 is 11.6 Å². The highest BCUT2D eigenvalue weighted by Gasteiger charge is 2.16. The van der Waals surface area contributed by atoms with E-state index in [0.717, 1.165) is 18.6 Å². The molecule has 1 aromatic carbocycles. The molecule has 0 aromatic heterocycles. The molecule has 0 aliphatic carbocycles. The highest BCUT2D eigenvalue weighted by atomic mass is 35.5. The highest BCUT2D eigenvalue weighted by molar-refractivity contribution is 7.91. The summed E-state index contributed by atoms with van der Waals surface area (Å²) >= 11 is 5.47. The summed E-state index contributed by atoms with van der Waals surface area (Å²) in [6.45, 7) is 0. The molecule has 0 amide bonds. The van der Waals surface area contributed by atoms with E-state index < -0.39 is 21.5 Å². The lowest BCUT2D eigenvalue weighted by atomic mass is 10.3. The van der Waals surface area contributed by atoms with Crippen LogP contribution in [0.15, 0.2) is 23.1 Å². The molecule has 6 heteroatoms. The summed E-state index contributed by atoms with van der Waals surface area (Å²) in [4.78, 5) is -0.178. The molecule has 0 aliphatic heterocycles. The largest absolute Gasteiger partial charge is 0.224 e. The van der Waals surface area contributed by atoms with Crippen LogP contribution in [0.4, 0.5) is 8.78 Å². The van der Waals surface area contributed by atoms with E-state index in [4.69, 9.17) is 11.6 Å². The molecule has 0 saturated heterocycles. The number of hydrogen-bond donors (Lipinski definition) is 0. The summed E-state index contributed by atoms with van der Waals surface area (Å²) in [5.41, 5.74) is 0. The first kappa shape index (κ1) is 14.4. The van der Waals surface area contributed by atoms with Crippen LogP contribution in [0, 0.1) is 11.6 Å². The Morgan fingerprint density at radius 3 is 2.35 bits per heavy atom. The lowest BCUT2D eigenvalue weighted by Crippen LogP contribution is -2.07. The lowest BCUT2D eigenvalue weighted by molar-refractivity contribution is 0.504. The Labute approximate surface area is 105 Å². The molecule has 1 aromatic rings. The van der Waals surface area contributed by atoms with E-state index in [9.17, 15) is 17.2 Å². The van der Waals surface area contributed by atoms with E-state index >= 15 is 0 Å². The van der Waals surface area contributed by atoms with Crippen LogP contribution in [-0.4, -0.2) is 20.1 Å². The molecular weight excluding hydrogens is 270 g/mol. The monoisotopic (exact) mass is 282 g/mol. The zero-order valence-corrected chi connectivity index (χ0v) is 10.7. The Morgan fingerprint density at radius 2 is 1.76 bits per heavy atom. The average Bonchev–Trinajstić information content (AvgIpc) is 2.28. The number of sulfone groups is 1. The molecule has 2 nitrogen and oxygen atoms in total. The van der Waals surface area contributed by atoms with E-state index in [0.29, 0.717) is 24.8 Å². The molecule has 0 aliphatic rings. The van der Waals surface area contributed by atoms with Crippen molar-refractivity contribution < 1.29 is 17.2 Å². The molecular formula is C11H13ClF2O2S. The van der Waals surface area contributed by atoms with Crippen LogP contribution in [0.3, 0.4) is 0 Å². The highest BCUT2D eigenvalue weighted by Crippen LogP contribution is 2.16. The summed E-state index contributed by atoms with van der Waals surface area (Å²) in [7, 11) is -3.53. The zero-order valence-electron chi connectivity index (χ0n) is 9.13. The van der Waals surface area contributed by atoms with Gasteiger partial charge in [-0.3, -0.25) is 0 Å². The fourth-order valence-electron chi connectivity index (χ4n) is 1.35. The van der Waals surface area contributed by atoms with Gasteiger partial charge in [-0.25, -0.2) is 17.2 Å². The predicted molar refractivity (Wildman–Crippen MR) is 63.0 cm³/mol. The number of benzene rings is 1. The van der Waals surface area contributed by atoms with Crippen molar-refractivity contribution in [2.45, 2.75) is 24.2 Å². The van der Waals surface area contributed by atoms with E-state index in [1.165, 1.54) is 0 Å². The minimum absolute atomic E-state index is 0.0744. The van der Waals surface area contributed by atoms with Crippen molar-refractivity contribution in [3.05, 3.63) is 29.8 Å². The van der Waals surface area contributed by atoms with Crippen LogP contribution in [0.25, 0.3) is 0 Å². The van der Waals surface area contributed by atoms with Crippen LogP contribution in [0.2, 0.25) is 0 Å². The second kappa shape index (κ2) is 6.31. The SMILES string of the molecule is O=S(=O)(CCCCCCl)c1ccc(F)c(F)c1. The van der Waals surface area contributed by atoms with Crippen molar-refractivity contribution in [3.8, 4) is 0 Å². The number of hydrogen-bond acceptors (Lipinski definition) is 2. The number of rotatable bonds is 6. The van der Waals surface area contributed by atoms with Gasteiger partial charge in [0.05, 0.1) is 10.6 Å². The maximum Gasteiger partial charge on any atom is 0.178 e. The molecule has 0 heterocycles. The van der Waals surface area contributed by atoms with Gasteiger partial charge in [-0.1, -0.05) is 6.42 Å². The molecule has 0 atom stereocenters. The number of unbranched alkanes of at least 4 members (excludes halogenated alkanes) is 2. The summed E-state index contributed by atoms with van der Waals surface area (Å²) in [6.07, 6.45) is 1.91. The average molecular weight is 283 g/mol. The first-order valence-corrected chi connectivity index (χ1v) is 7.40. The second-order valence-corrected chi connectivity index (χ2v) is 6.13. The Balaban J connectivity index is 2.72. The van der Waals surface area contributed by atoms with Gasteiger partial charge in [0, 0.05) is 5.88 Å². The topological polar surface area (TPSA) is 34.1 Å². The predicted octanol–water partition coefficient (Wildman–Crippen LogP) is 3.15. The third kappa shape index (κ3) is 4.24. The molecule has 0 unspecified atom stereocenters. The molecule has 0 N–H and O–H groups in total. The zero-order chi connectivity index (χ0) is 12.9. The van der Waals surface area contributed by atoms with Crippen molar-refractivity contribution in [3.63, 3.8) is 0 Å². The standard InChI is InChI=1S/C11H13ClF2O2S/c12-6-2-1-3-7-17(15,16)9-4-5-10(13)11(14)8-9/h4-5,8H,1-3,6-7H2. The molecule has 0 spiro atoms. The third-order valence-corrected chi connectivity index (χ3v) is 4.36. The summed E-state index contributed by atoms with van der Waals surface area (Å²) in [5.74, 6) is -1.78. The minimum Gasteiger partial charge on any atom is -0.224 e. The van der Waals surface area contributed by atoms with Gasteiger partial charge in [0.2, 0.25) is 0 Å². The first-order chi connectivity index (χ1) is 7.97. The van der Waals surface area contributed by atoms with Gasteiger partial charge in [-0.2, -0.15) is 0 Å². The van der Waals surface area contributed by atoms with Crippen LogP contribution in [0.1, 0.15) is 19.3 Å². The molecule has 0 fully saturated rings. The van der Waals surface area contributed by atoms with E-state index in [-0.39, 0.29) is 10.6 Å². The molecule has 17 heavy (non-hydrogen) atoms. The van der Waals surface area contributed by atoms with Crippen LogP contribution < -0.4 is 0 Å². The van der Waals surface area contributed by atoms with Crippen molar-refractivity contribution in [1.29, 1.82) is 0 Å². The molecule has 96 valence electrons. The minimum atomic E-state index is -3.53. The Hall–Kier alpha value is -0.680. The normalized spacial score (nSPS) is 11.7. The van der Waals surface area contributed by atoms with Crippen LogP contribution in [0.5, 0.6) is 0 Å². The molecule has 1 rings (SSSR count). The number of halogens is 3. The van der Waals surface area contributed by atoms with E-state index in [1.807, 2.05) is 0 Å². The maximum atomic E-state index is 12.9. The summed E-state index contributed by atoms with van der Waals surface area (Å²) in [6, 6.07) is 2.61. The van der Waals surface area contributed by atoms with E-state index in [1.54, 1.807) is 0 Å². The third-order valence-electron chi connectivity index (χ3n) is 2.30. The van der Waals surface area contributed by atoms with Gasteiger partial charge < -0.3 is 0 Å². The smallest absolute Gasteiger partial charge is 0.178 e. The fourth-order valence-corrected chi connectivity index (χ4v) is 2.92. The molecule has 0 saturated carbocycles. The summed E-state index contributed by atoms with van der Waals surface area (Å²) in [5, 5.41) is 0. The molecule has 0 radical (unpaired) electrons. The first-order valence-electron chi connectivity index (χ1n) is 5.21. The Kier molecular flexibility index (Phi) is 5.33. The van der Waals surface area contributed by atoms with Crippen LogP contribution in [-0.2, 0) is 9.84 Å². The van der Waals surface area contributed by atoms with Crippen molar-refractivity contribution >= 4 is 21.4 Å². The van der Waals surface area contributed by atoms with Gasteiger partial charge >= 0.3 is 0 Å². The van der Waals surface area contributed by atoms with Crippen molar-refractivity contribution in [2.75, 3.05) is 11.6 Å². The molecule has 0 bridgehead atoms. The van der Waals surface area contributed by atoms with Crippen molar-refractivity contribution in [2.24, 2.45) is 0 Å². The van der Waals surface area contributed by atoms with E-state index in [2.05, 4.69) is 0 Å². The Bertz CT molecular complexity index is 474. The quantitative estimate of drug-likeness (QED) is 0.456. The van der Waals surface area contributed by atoms with Gasteiger partial charge in [0.15, 0.2) is 21.5 Å². The fraction of sp³-hybridized carbons (Fsp3) is 0.455. The van der Waals surface area contributed by atoms with Gasteiger partial charge in [0.1, 0.15) is 0 Å². The van der Waals surface area contributed by atoms with Gasteiger partial charge in [0.25, 0.3) is 0 Å². The van der Waals surface area contributed by atoms with Crippen molar-refractivity contribution in [1.82, 2.24) is 0 Å². The second-order valence-electron chi connectivity index (χ2n) is 3.64. The Morgan fingerprint density at radius 1 is 1.06 bits per heavy atom. The lowest BCUT2D eigenvalue weighted by Gasteiger charge is -2.04. The maximum absolute atomic E-state index is 12.9. The number of alkyl halides is 1. The van der Waals surface area contributed by atoms with Gasteiger partial charge in [-0.15, -0.1) is 11.6 Å². The van der Waals surface area contributed by atoms with Gasteiger partial charge in [-0.05, 0) is 31.0 Å².